The van der Waals surface area contributed by atoms with E-state index in [4.69, 9.17) is 25.8 Å². The Hall–Kier alpha value is -2.65. The van der Waals surface area contributed by atoms with Crippen molar-refractivity contribution in [3.05, 3.63) is 47.0 Å². The molecule has 0 aromatic heterocycles. The van der Waals surface area contributed by atoms with Crippen molar-refractivity contribution in [2.75, 3.05) is 38.9 Å². The highest BCUT2D eigenvalue weighted by molar-refractivity contribution is 7.92. The van der Waals surface area contributed by atoms with Gasteiger partial charge in [-0.15, -0.1) is 0 Å². The van der Waals surface area contributed by atoms with Crippen molar-refractivity contribution in [2.45, 2.75) is 19.5 Å². The van der Waals surface area contributed by atoms with Crippen molar-refractivity contribution in [1.29, 1.82) is 0 Å². The molecule has 0 fully saturated rings. The second kappa shape index (κ2) is 10.1. The predicted molar refractivity (Wildman–Crippen MR) is 121 cm³/mol. The second-order valence-corrected chi connectivity index (χ2v) is 9.23. The first-order chi connectivity index (χ1) is 14.5. The molecule has 170 valence electrons. The zero-order chi connectivity index (χ0) is 23.3. The number of carbonyl (C=O) groups is 1. The number of benzene rings is 2. The van der Waals surface area contributed by atoms with E-state index in [-0.39, 0.29) is 18.0 Å². The molecule has 0 aliphatic rings. The van der Waals surface area contributed by atoms with Crippen molar-refractivity contribution in [2.24, 2.45) is 0 Å². The molecule has 0 saturated carbocycles. The lowest BCUT2D eigenvalue weighted by molar-refractivity contribution is -0.131. The Labute approximate surface area is 188 Å². The Bertz CT molecular complexity index is 1040. The standard InChI is InChI=1S/C21H27ClN2O6S/c1-14(24(31(6,26)27)17-12-16(22)8-10-18(17)28-3)21(25)23(2)13-15-7-9-19(29-4)20(11-15)30-5/h7-12,14H,13H2,1-6H3/t14-/m0/s1. The first kappa shape index (κ1) is 24.6. The molecule has 0 saturated heterocycles. The van der Waals surface area contributed by atoms with Gasteiger partial charge in [0.2, 0.25) is 15.9 Å². The number of amides is 1. The molecule has 0 bridgehead atoms. The van der Waals surface area contributed by atoms with Gasteiger partial charge >= 0.3 is 0 Å². The van der Waals surface area contributed by atoms with Crippen molar-refractivity contribution in [3.63, 3.8) is 0 Å². The summed E-state index contributed by atoms with van der Waals surface area (Å²) in [7, 11) is 2.26. The highest BCUT2D eigenvalue weighted by Gasteiger charge is 2.33. The smallest absolute Gasteiger partial charge is 0.246 e. The van der Waals surface area contributed by atoms with E-state index in [0.717, 1.165) is 16.1 Å². The maximum Gasteiger partial charge on any atom is 0.246 e. The van der Waals surface area contributed by atoms with E-state index in [0.29, 0.717) is 16.5 Å². The molecule has 1 amide bonds. The van der Waals surface area contributed by atoms with Gasteiger partial charge in [-0.2, -0.15) is 0 Å². The number of likely N-dealkylation sites (N-methyl/N-ethyl adjacent to an activating group) is 1. The molecule has 0 aliphatic carbocycles. The number of anilines is 1. The average molecular weight is 471 g/mol. The third kappa shape index (κ3) is 5.74. The molecule has 0 spiro atoms. The van der Waals surface area contributed by atoms with Crippen molar-refractivity contribution in [1.82, 2.24) is 4.90 Å². The normalized spacial score (nSPS) is 12.1. The number of halogens is 1. The summed E-state index contributed by atoms with van der Waals surface area (Å²) in [6.45, 7) is 1.77. The fourth-order valence-electron chi connectivity index (χ4n) is 3.26. The van der Waals surface area contributed by atoms with Gasteiger partial charge in [0.1, 0.15) is 11.8 Å². The molecule has 8 nitrogen and oxygen atoms in total. The van der Waals surface area contributed by atoms with Gasteiger partial charge in [0, 0.05) is 18.6 Å². The zero-order valence-corrected chi connectivity index (χ0v) is 20.0. The third-order valence-electron chi connectivity index (χ3n) is 4.69. The monoisotopic (exact) mass is 470 g/mol. The van der Waals surface area contributed by atoms with Gasteiger partial charge in [0.15, 0.2) is 11.5 Å². The first-order valence-electron chi connectivity index (χ1n) is 9.32. The molecule has 0 heterocycles. The maximum absolute atomic E-state index is 13.2. The van der Waals surface area contributed by atoms with Crippen molar-refractivity contribution >= 4 is 33.2 Å². The number of carbonyl (C=O) groups excluding carboxylic acids is 1. The highest BCUT2D eigenvalue weighted by Crippen LogP contribution is 2.34. The first-order valence-corrected chi connectivity index (χ1v) is 11.5. The number of sulfonamides is 1. The molecule has 2 aromatic carbocycles. The van der Waals surface area contributed by atoms with Crippen LogP contribution < -0.4 is 18.5 Å². The van der Waals surface area contributed by atoms with E-state index < -0.39 is 22.0 Å². The average Bonchev–Trinajstić information content (AvgIpc) is 2.72. The van der Waals surface area contributed by atoms with Crippen molar-refractivity contribution in [3.8, 4) is 17.2 Å². The summed E-state index contributed by atoms with van der Waals surface area (Å²) in [5, 5.41) is 0.322. The van der Waals surface area contributed by atoms with Crippen molar-refractivity contribution < 1.29 is 27.4 Å². The maximum atomic E-state index is 13.2. The van der Waals surface area contributed by atoms with Crippen LogP contribution in [0.2, 0.25) is 5.02 Å². The Kier molecular flexibility index (Phi) is 8.02. The van der Waals surface area contributed by atoms with Crippen LogP contribution in [0.25, 0.3) is 0 Å². The van der Waals surface area contributed by atoms with Gasteiger partial charge in [0.25, 0.3) is 0 Å². The number of nitrogens with zero attached hydrogens (tertiary/aromatic N) is 2. The van der Waals surface area contributed by atoms with Crippen LogP contribution in [0.5, 0.6) is 17.2 Å². The lowest BCUT2D eigenvalue weighted by Crippen LogP contribution is -2.48. The van der Waals surface area contributed by atoms with E-state index in [2.05, 4.69) is 0 Å². The minimum absolute atomic E-state index is 0.192. The van der Waals surface area contributed by atoms with Crippen LogP contribution in [-0.4, -0.2) is 59.9 Å². The summed E-state index contributed by atoms with van der Waals surface area (Å²) in [6, 6.07) is 8.88. The highest BCUT2D eigenvalue weighted by atomic mass is 35.5. The number of methoxy groups -OCH3 is 3. The Morgan fingerprint density at radius 2 is 1.58 bits per heavy atom. The quantitative estimate of drug-likeness (QED) is 0.559. The van der Waals surface area contributed by atoms with Gasteiger partial charge in [-0.1, -0.05) is 17.7 Å². The Morgan fingerprint density at radius 3 is 2.13 bits per heavy atom. The predicted octanol–water partition coefficient (Wildman–Crippen LogP) is 3.18. The molecule has 10 heteroatoms. The summed E-state index contributed by atoms with van der Waals surface area (Å²) < 4.78 is 42.1. The molecular formula is C21H27ClN2O6S. The van der Waals surface area contributed by atoms with Crippen LogP contribution in [0, 0.1) is 0 Å². The third-order valence-corrected chi connectivity index (χ3v) is 6.15. The lowest BCUT2D eigenvalue weighted by Gasteiger charge is -2.32. The van der Waals surface area contributed by atoms with Gasteiger partial charge in [-0.3, -0.25) is 9.10 Å². The van der Waals surface area contributed by atoms with Crippen LogP contribution in [0.3, 0.4) is 0 Å². The summed E-state index contributed by atoms with van der Waals surface area (Å²) in [6.07, 6.45) is 1.03. The Morgan fingerprint density at radius 1 is 1.00 bits per heavy atom. The fraction of sp³-hybridized carbons (Fsp3) is 0.381. The molecule has 0 unspecified atom stereocenters. The van der Waals surface area contributed by atoms with Crippen LogP contribution >= 0.6 is 11.6 Å². The van der Waals surface area contributed by atoms with E-state index in [1.165, 1.54) is 32.1 Å². The van der Waals surface area contributed by atoms with E-state index in [9.17, 15) is 13.2 Å². The number of rotatable bonds is 9. The molecule has 1 atom stereocenters. The summed E-state index contributed by atoms with van der Waals surface area (Å²) in [4.78, 5) is 14.6. The van der Waals surface area contributed by atoms with Crippen LogP contribution in [0.15, 0.2) is 36.4 Å². The number of hydrogen-bond acceptors (Lipinski definition) is 6. The summed E-state index contributed by atoms with van der Waals surface area (Å²) >= 11 is 6.08. The second-order valence-electron chi connectivity index (χ2n) is 6.93. The zero-order valence-electron chi connectivity index (χ0n) is 18.4. The topological polar surface area (TPSA) is 85.4 Å². The Balaban J connectivity index is 2.35. The van der Waals surface area contributed by atoms with Crippen LogP contribution in [0.4, 0.5) is 5.69 Å². The molecule has 31 heavy (non-hydrogen) atoms. The molecule has 2 rings (SSSR count). The fourth-order valence-corrected chi connectivity index (χ4v) is 4.59. The molecule has 0 radical (unpaired) electrons. The number of hydrogen-bond donors (Lipinski definition) is 0. The minimum Gasteiger partial charge on any atom is -0.495 e. The number of ether oxygens (including phenoxy) is 3. The summed E-state index contributed by atoms with van der Waals surface area (Å²) in [5.41, 5.74) is 0.991. The van der Waals surface area contributed by atoms with E-state index >= 15 is 0 Å². The minimum atomic E-state index is -3.83. The van der Waals surface area contributed by atoms with Gasteiger partial charge < -0.3 is 19.1 Å². The molecule has 0 N–H and O–H groups in total. The SMILES string of the molecule is COc1ccc(CN(C)C(=O)[C@H](C)N(c2cc(Cl)ccc2OC)S(C)(=O)=O)cc1OC. The summed E-state index contributed by atoms with van der Waals surface area (Å²) in [5.74, 6) is 1.000. The van der Waals surface area contributed by atoms with E-state index in [1.54, 1.807) is 38.4 Å². The van der Waals surface area contributed by atoms with Gasteiger partial charge in [0.05, 0.1) is 33.3 Å². The van der Waals surface area contributed by atoms with Gasteiger partial charge in [-0.25, -0.2) is 8.42 Å². The molecular weight excluding hydrogens is 444 g/mol. The molecule has 2 aromatic rings. The largest absolute Gasteiger partial charge is 0.495 e. The lowest BCUT2D eigenvalue weighted by atomic mass is 10.1. The van der Waals surface area contributed by atoms with E-state index in [1.807, 2.05) is 6.07 Å². The molecule has 0 aliphatic heterocycles. The van der Waals surface area contributed by atoms with Crippen LogP contribution in [-0.2, 0) is 21.4 Å². The van der Waals surface area contributed by atoms with Gasteiger partial charge in [-0.05, 0) is 42.8 Å². The van der Waals surface area contributed by atoms with Crippen LogP contribution in [0.1, 0.15) is 12.5 Å².